The van der Waals surface area contributed by atoms with Crippen LogP contribution in [0.2, 0.25) is 0 Å². The van der Waals surface area contributed by atoms with Crippen molar-refractivity contribution >= 4 is 74.3 Å². The van der Waals surface area contributed by atoms with E-state index in [1.807, 2.05) is 0 Å². The lowest BCUT2D eigenvalue weighted by Gasteiger charge is -2.12. The van der Waals surface area contributed by atoms with Crippen LogP contribution >= 0.6 is 46.9 Å². The first-order chi connectivity index (χ1) is 17.0. The number of anilines is 1. The molecule has 0 spiro atoms. The van der Waals surface area contributed by atoms with Gasteiger partial charge in [-0.25, -0.2) is 0 Å². The third-order valence-corrected chi connectivity index (χ3v) is 7.10. The fourth-order valence-corrected chi connectivity index (χ4v) is 5.33. The van der Waals surface area contributed by atoms with Crippen molar-refractivity contribution < 1.29 is 23.5 Å². The van der Waals surface area contributed by atoms with Crippen LogP contribution in [-0.2, 0) is 22.6 Å². The number of benzene rings is 1. The number of furan rings is 1. The average molecular weight is 551 g/mol. The number of carbonyl (C=O) groups is 2. The number of methoxy groups -OCH3 is 1. The van der Waals surface area contributed by atoms with Gasteiger partial charge < -0.3 is 13.9 Å². The molecule has 35 heavy (non-hydrogen) atoms. The van der Waals surface area contributed by atoms with Crippen molar-refractivity contribution in [3.05, 3.63) is 57.8 Å². The molecule has 9 nitrogen and oxygen atoms in total. The number of ether oxygens (including phenoxy) is 2. The summed E-state index contributed by atoms with van der Waals surface area (Å²) in [5.41, 5.74) is 0.720. The molecule has 2 amide bonds. The van der Waals surface area contributed by atoms with Gasteiger partial charge in [0.15, 0.2) is 18.1 Å². The number of hydrogen-bond donors (Lipinski definition) is 1. The molecule has 0 bridgehead atoms. The number of aryl methyl sites for hydroxylation is 1. The minimum Gasteiger partial charge on any atom is -0.493 e. The van der Waals surface area contributed by atoms with Crippen LogP contribution in [0.3, 0.4) is 0 Å². The van der Waals surface area contributed by atoms with Crippen LogP contribution in [-0.4, -0.2) is 50.8 Å². The van der Waals surface area contributed by atoms with Crippen molar-refractivity contribution in [3.8, 4) is 11.5 Å². The molecule has 0 atom stereocenters. The molecule has 3 heterocycles. The fourth-order valence-electron chi connectivity index (χ4n) is 3.02. The monoisotopic (exact) mass is 550 g/mol. The van der Waals surface area contributed by atoms with Crippen LogP contribution in [0.1, 0.15) is 16.3 Å². The number of halogens is 1. The Balaban J connectivity index is 1.38. The lowest BCUT2D eigenvalue weighted by atomic mass is 10.2. The molecule has 0 aliphatic carbocycles. The summed E-state index contributed by atoms with van der Waals surface area (Å²) in [6.45, 7) is 0.0316. The summed E-state index contributed by atoms with van der Waals surface area (Å²) in [5, 5.41) is 11.6. The number of amides is 2. The first kappa shape index (κ1) is 25.2. The zero-order valence-electron chi connectivity index (χ0n) is 18.4. The first-order valence-corrected chi connectivity index (χ1v) is 12.8. The molecule has 1 aliphatic rings. The van der Waals surface area contributed by atoms with Gasteiger partial charge in [0.1, 0.15) is 15.1 Å². The van der Waals surface area contributed by atoms with E-state index in [0.29, 0.717) is 43.9 Å². The van der Waals surface area contributed by atoms with Gasteiger partial charge in [0.2, 0.25) is 5.13 Å². The van der Waals surface area contributed by atoms with Crippen LogP contribution in [0, 0.1) is 0 Å². The summed E-state index contributed by atoms with van der Waals surface area (Å²) in [4.78, 5) is 27.0. The zero-order valence-corrected chi connectivity index (χ0v) is 21.6. The first-order valence-electron chi connectivity index (χ1n) is 10.2. The van der Waals surface area contributed by atoms with Crippen LogP contribution < -0.4 is 14.8 Å². The van der Waals surface area contributed by atoms with Crippen molar-refractivity contribution in [2.45, 2.75) is 13.0 Å². The van der Waals surface area contributed by atoms with Crippen LogP contribution in [0.4, 0.5) is 5.13 Å². The number of alkyl halides is 1. The number of carbonyl (C=O) groups excluding carboxylic acids is 2. The van der Waals surface area contributed by atoms with E-state index >= 15 is 0 Å². The van der Waals surface area contributed by atoms with Crippen molar-refractivity contribution in [1.29, 1.82) is 0 Å². The number of nitrogens with zero attached hydrogens (tertiary/aromatic N) is 3. The molecule has 13 heteroatoms. The molecule has 2 aromatic heterocycles. The number of hydrogen-bond acceptors (Lipinski definition) is 10. The van der Waals surface area contributed by atoms with Crippen LogP contribution in [0.25, 0.3) is 6.08 Å². The van der Waals surface area contributed by atoms with E-state index in [0.717, 1.165) is 10.6 Å². The Labute approximate surface area is 219 Å². The van der Waals surface area contributed by atoms with E-state index in [2.05, 4.69) is 15.5 Å². The molecule has 1 aliphatic heterocycles. The summed E-state index contributed by atoms with van der Waals surface area (Å²) in [5.74, 6) is 1.30. The Kier molecular flexibility index (Phi) is 8.39. The minimum absolute atomic E-state index is 0.196. The third kappa shape index (κ3) is 6.40. The average Bonchev–Trinajstić information content (AvgIpc) is 3.57. The highest BCUT2D eigenvalue weighted by atomic mass is 35.5. The smallest absolute Gasteiger partial charge is 0.266 e. The van der Waals surface area contributed by atoms with E-state index in [1.165, 1.54) is 35.1 Å². The summed E-state index contributed by atoms with van der Waals surface area (Å²) in [6.07, 6.45) is 3.87. The van der Waals surface area contributed by atoms with E-state index in [4.69, 9.17) is 37.7 Å². The topological polar surface area (TPSA) is 107 Å². The van der Waals surface area contributed by atoms with Gasteiger partial charge in [0, 0.05) is 12.3 Å². The third-order valence-electron chi connectivity index (χ3n) is 4.63. The van der Waals surface area contributed by atoms with Gasteiger partial charge >= 0.3 is 0 Å². The second kappa shape index (κ2) is 11.7. The molecule has 182 valence electrons. The predicted octanol–water partition coefficient (Wildman–Crippen LogP) is 4.34. The Morgan fingerprint density at radius 2 is 2.17 bits per heavy atom. The van der Waals surface area contributed by atoms with Gasteiger partial charge in [0.05, 0.1) is 24.8 Å². The SMILES string of the molecule is COc1cc(/C=C2\SC(=S)N(Cc3ccco3)C2=O)ccc1OCC(=O)Nc1nnc(CCCl)s1. The van der Waals surface area contributed by atoms with E-state index in [9.17, 15) is 9.59 Å². The summed E-state index contributed by atoms with van der Waals surface area (Å²) in [6, 6.07) is 8.70. The molecule has 0 radical (unpaired) electrons. The largest absolute Gasteiger partial charge is 0.493 e. The quantitative estimate of drug-likeness (QED) is 0.224. The molecule has 1 aromatic carbocycles. The van der Waals surface area contributed by atoms with Gasteiger partial charge in [-0.3, -0.25) is 19.8 Å². The van der Waals surface area contributed by atoms with E-state index in [1.54, 1.807) is 42.7 Å². The lowest BCUT2D eigenvalue weighted by Crippen LogP contribution is -2.27. The Hall–Kier alpha value is -2.93. The van der Waals surface area contributed by atoms with Crippen LogP contribution in [0.5, 0.6) is 11.5 Å². The molecular weight excluding hydrogens is 532 g/mol. The molecule has 1 saturated heterocycles. The molecule has 1 N–H and O–H groups in total. The maximum atomic E-state index is 12.8. The second-order valence-electron chi connectivity index (χ2n) is 7.03. The molecule has 4 rings (SSSR count). The molecule has 0 saturated carbocycles. The number of nitrogens with one attached hydrogen (secondary N) is 1. The number of aromatic nitrogens is 2. The summed E-state index contributed by atoms with van der Waals surface area (Å²) < 4.78 is 16.8. The van der Waals surface area contributed by atoms with Crippen molar-refractivity contribution in [2.24, 2.45) is 0 Å². The highest BCUT2D eigenvalue weighted by molar-refractivity contribution is 8.26. The normalized spacial score (nSPS) is 14.6. The number of thiocarbonyl (C=S) groups is 1. The molecular formula is C22H19ClN4O5S3. The maximum Gasteiger partial charge on any atom is 0.266 e. The van der Waals surface area contributed by atoms with Gasteiger partial charge in [-0.2, -0.15) is 0 Å². The predicted molar refractivity (Wildman–Crippen MR) is 139 cm³/mol. The van der Waals surface area contributed by atoms with E-state index in [-0.39, 0.29) is 25.0 Å². The molecule has 3 aromatic rings. The fraction of sp³-hybridized carbons (Fsp3) is 0.227. The standard InChI is InChI=1S/C22H19ClN4O5S3/c1-30-16-9-13(10-17-20(29)27(22(33)34-17)11-14-3-2-8-31-14)4-5-15(16)32-12-18(28)24-21-26-25-19(35-21)6-7-23/h2-5,8-10H,6-7,11-12H2,1H3,(H,24,26,28)/b17-10-. The molecule has 1 fully saturated rings. The van der Waals surface area contributed by atoms with Gasteiger partial charge in [0.25, 0.3) is 11.8 Å². The summed E-state index contributed by atoms with van der Waals surface area (Å²) >= 11 is 13.5. The summed E-state index contributed by atoms with van der Waals surface area (Å²) in [7, 11) is 1.49. The Morgan fingerprint density at radius 1 is 1.31 bits per heavy atom. The Morgan fingerprint density at radius 3 is 2.91 bits per heavy atom. The maximum absolute atomic E-state index is 12.8. The lowest BCUT2D eigenvalue weighted by molar-refractivity contribution is -0.122. The number of rotatable bonds is 10. The van der Waals surface area contributed by atoms with Crippen molar-refractivity contribution in [3.63, 3.8) is 0 Å². The zero-order chi connectivity index (χ0) is 24.8. The van der Waals surface area contributed by atoms with Crippen molar-refractivity contribution in [2.75, 3.05) is 24.9 Å². The second-order valence-corrected chi connectivity index (χ2v) is 10.2. The highest BCUT2D eigenvalue weighted by Crippen LogP contribution is 2.35. The minimum atomic E-state index is -0.384. The Bertz CT molecular complexity index is 1260. The number of thioether (sulfide) groups is 1. The van der Waals surface area contributed by atoms with Crippen LogP contribution in [0.15, 0.2) is 45.9 Å². The van der Waals surface area contributed by atoms with E-state index < -0.39 is 0 Å². The highest BCUT2D eigenvalue weighted by Gasteiger charge is 2.32. The van der Waals surface area contributed by atoms with Gasteiger partial charge in [-0.1, -0.05) is 41.4 Å². The van der Waals surface area contributed by atoms with Crippen molar-refractivity contribution in [1.82, 2.24) is 15.1 Å². The molecule has 0 unspecified atom stereocenters. The van der Waals surface area contributed by atoms with Gasteiger partial charge in [-0.05, 0) is 35.9 Å². The van der Waals surface area contributed by atoms with Gasteiger partial charge in [-0.15, -0.1) is 21.8 Å².